The van der Waals surface area contributed by atoms with Crippen LogP contribution in [0, 0.1) is 0 Å². The van der Waals surface area contributed by atoms with Gasteiger partial charge in [-0.05, 0) is 38.0 Å². The van der Waals surface area contributed by atoms with Crippen LogP contribution in [0.4, 0.5) is 5.69 Å². The van der Waals surface area contributed by atoms with Crippen molar-refractivity contribution < 1.29 is 9.53 Å². The molecule has 0 bridgehead atoms. The van der Waals surface area contributed by atoms with Crippen LogP contribution in [0.2, 0.25) is 0 Å². The molecule has 1 aromatic rings. The van der Waals surface area contributed by atoms with Crippen molar-refractivity contribution >= 4 is 11.6 Å². The number of fused-ring (bicyclic) bond motifs is 1. The van der Waals surface area contributed by atoms with E-state index in [2.05, 4.69) is 5.32 Å². The number of hydrogen-bond acceptors (Lipinski definition) is 3. The van der Waals surface area contributed by atoms with Crippen LogP contribution < -0.4 is 15.8 Å². The van der Waals surface area contributed by atoms with Crippen LogP contribution in [0.5, 0.6) is 5.75 Å². The second-order valence-electron chi connectivity index (χ2n) is 4.84. The molecule has 0 spiro atoms. The van der Waals surface area contributed by atoms with E-state index in [1.165, 1.54) is 0 Å². The molecule has 3 N–H and O–H groups in total. The number of benzene rings is 1. The highest BCUT2D eigenvalue weighted by atomic mass is 16.5. The van der Waals surface area contributed by atoms with Crippen molar-refractivity contribution in [3.8, 4) is 5.75 Å². The third-order valence-electron chi connectivity index (χ3n) is 3.03. The fraction of sp³-hybridized carbons (Fsp3) is 0.462. The summed E-state index contributed by atoms with van der Waals surface area (Å²) >= 11 is 0. The van der Waals surface area contributed by atoms with Gasteiger partial charge in [-0.3, -0.25) is 4.79 Å². The number of amides is 1. The number of hydrogen-bond donors (Lipinski definition) is 2. The molecule has 92 valence electrons. The van der Waals surface area contributed by atoms with Crippen molar-refractivity contribution in [2.75, 3.05) is 5.32 Å². The van der Waals surface area contributed by atoms with Crippen LogP contribution in [0.1, 0.15) is 38.8 Å². The van der Waals surface area contributed by atoms with E-state index in [0.717, 1.165) is 12.0 Å². The maximum absolute atomic E-state index is 11.8. The lowest BCUT2D eigenvalue weighted by Gasteiger charge is -2.32. The number of nitrogens with two attached hydrogens (primary N) is 1. The zero-order chi connectivity index (χ0) is 12.6. The van der Waals surface area contributed by atoms with E-state index in [1.807, 2.05) is 25.1 Å². The molecule has 0 saturated heterocycles. The van der Waals surface area contributed by atoms with Gasteiger partial charge in [0.25, 0.3) is 5.91 Å². The third kappa shape index (κ3) is 2.13. The van der Waals surface area contributed by atoms with Gasteiger partial charge in [0.05, 0.1) is 5.69 Å². The average Bonchev–Trinajstić information content (AvgIpc) is 2.28. The van der Waals surface area contributed by atoms with Gasteiger partial charge in [0.2, 0.25) is 0 Å². The monoisotopic (exact) mass is 234 g/mol. The van der Waals surface area contributed by atoms with Gasteiger partial charge >= 0.3 is 0 Å². The lowest BCUT2D eigenvalue weighted by atomic mass is 10.0. The van der Waals surface area contributed by atoms with E-state index in [-0.39, 0.29) is 11.9 Å². The number of rotatable bonds is 2. The van der Waals surface area contributed by atoms with E-state index >= 15 is 0 Å². The first-order chi connectivity index (χ1) is 7.94. The fourth-order valence-electron chi connectivity index (χ4n) is 1.79. The molecule has 4 heteroatoms. The number of carbonyl (C=O) groups excluding carboxylic acids is 1. The van der Waals surface area contributed by atoms with Crippen molar-refractivity contribution in [1.82, 2.24) is 0 Å². The number of ether oxygens (including phenoxy) is 1. The Morgan fingerprint density at radius 1 is 1.47 bits per heavy atom. The summed E-state index contributed by atoms with van der Waals surface area (Å²) in [4.78, 5) is 11.8. The number of nitrogens with one attached hydrogen (secondary N) is 1. The summed E-state index contributed by atoms with van der Waals surface area (Å²) in [5.74, 6) is 0.564. The standard InChI is InChI=1S/C13H18N2O2/c1-4-9(14)8-5-6-11-10(7-8)15-12(16)13(2,3)17-11/h5-7,9H,4,14H2,1-3H3,(H,15,16). The van der Waals surface area contributed by atoms with E-state index in [9.17, 15) is 4.79 Å². The summed E-state index contributed by atoms with van der Waals surface area (Å²) in [6.45, 7) is 5.52. The largest absolute Gasteiger partial charge is 0.476 e. The Morgan fingerprint density at radius 2 is 2.18 bits per heavy atom. The molecule has 1 aliphatic heterocycles. The number of carbonyl (C=O) groups is 1. The van der Waals surface area contributed by atoms with E-state index in [1.54, 1.807) is 13.8 Å². The predicted octanol–water partition coefficient (Wildman–Crippen LogP) is 2.21. The van der Waals surface area contributed by atoms with Gasteiger partial charge in [-0.15, -0.1) is 0 Å². The highest BCUT2D eigenvalue weighted by Gasteiger charge is 2.35. The van der Waals surface area contributed by atoms with Gasteiger partial charge < -0.3 is 15.8 Å². The quantitative estimate of drug-likeness (QED) is 0.824. The van der Waals surface area contributed by atoms with Crippen LogP contribution in [0.25, 0.3) is 0 Å². The second-order valence-corrected chi connectivity index (χ2v) is 4.84. The highest BCUT2D eigenvalue weighted by molar-refractivity contribution is 6.00. The molecule has 0 fully saturated rings. The van der Waals surface area contributed by atoms with Crippen molar-refractivity contribution in [2.24, 2.45) is 5.73 Å². The zero-order valence-electron chi connectivity index (χ0n) is 10.4. The topological polar surface area (TPSA) is 64.3 Å². The Labute approximate surface area is 101 Å². The summed E-state index contributed by atoms with van der Waals surface area (Å²) < 4.78 is 5.65. The SMILES string of the molecule is CCC(N)c1ccc2c(c1)NC(=O)C(C)(C)O2. The molecule has 4 nitrogen and oxygen atoms in total. The number of anilines is 1. The third-order valence-corrected chi connectivity index (χ3v) is 3.03. The van der Waals surface area contributed by atoms with Crippen molar-refractivity contribution in [3.05, 3.63) is 23.8 Å². The molecule has 1 aliphatic rings. The molecular formula is C13H18N2O2. The highest BCUT2D eigenvalue weighted by Crippen LogP contribution is 2.35. The minimum atomic E-state index is -0.818. The summed E-state index contributed by atoms with van der Waals surface area (Å²) in [6, 6.07) is 5.69. The summed E-state index contributed by atoms with van der Waals surface area (Å²) in [5, 5.41) is 2.85. The van der Waals surface area contributed by atoms with Gasteiger partial charge in [0, 0.05) is 6.04 Å². The average molecular weight is 234 g/mol. The van der Waals surface area contributed by atoms with Crippen LogP contribution in [-0.2, 0) is 4.79 Å². The lowest BCUT2D eigenvalue weighted by Crippen LogP contribution is -2.45. The Hall–Kier alpha value is -1.55. The lowest BCUT2D eigenvalue weighted by molar-refractivity contribution is -0.129. The van der Waals surface area contributed by atoms with Gasteiger partial charge in [-0.25, -0.2) is 0 Å². The van der Waals surface area contributed by atoms with Gasteiger partial charge in [0.1, 0.15) is 5.75 Å². The molecule has 1 unspecified atom stereocenters. The zero-order valence-corrected chi connectivity index (χ0v) is 10.4. The predicted molar refractivity (Wildman–Crippen MR) is 67.0 cm³/mol. The van der Waals surface area contributed by atoms with Gasteiger partial charge in [0.15, 0.2) is 5.60 Å². The minimum Gasteiger partial charge on any atom is -0.476 e. The Morgan fingerprint density at radius 3 is 2.82 bits per heavy atom. The van der Waals surface area contributed by atoms with Gasteiger partial charge in [-0.1, -0.05) is 13.0 Å². The molecule has 1 atom stereocenters. The van der Waals surface area contributed by atoms with Crippen LogP contribution >= 0.6 is 0 Å². The van der Waals surface area contributed by atoms with Crippen LogP contribution in [0.15, 0.2) is 18.2 Å². The van der Waals surface area contributed by atoms with Crippen molar-refractivity contribution in [3.63, 3.8) is 0 Å². The van der Waals surface area contributed by atoms with Gasteiger partial charge in [-0.2, -0.15) is 0 Å². The molecule has 0 saturated carbocycles. The molecule has 1 heterocycles. The second kappa shape index (κ2) is 4.04. The first kappa shape index (κ1) is 11.9. The molecule has 0 aliphatic carbocycles. The van der Waals surface area contributed by atoms with Crippen LogP contribution in [-0.4, -0.2) is 11.5 Å². The Kier molecular flexibility index (Phi) is 2.83. The first-order valence-corrected chi connectivity index (χ1v) is 5.84. The normalized spacial score (nSPS) is 18.9. The molecule has 1 amide bonds. The minimum absolute atomic E-state index is 0.00728. The van der Waals surface area contributed by atoms with Crippen molar-refractivity contribution in [2.45, 2.75) is 38.8 Å². The summed E-state index contributed by atoms with van der Waals surface area (Å²) in [7, 11) is 0. The fourth-order valence-corrected chi connectivity index (χ4v) is 1.79. The molecule has 0 radical (unpaired) electrons. The maximum atomic E-state index is 11.8. The smallest absolute Gasteiger partial charge is 0.268 e. The molecule has 2 rings (SSSR count). The Bertz CT molecular complexity index is 455. The Balaban J connectivity index is 2.36. The molecule has 17 heavy (non-hydrogen) atoms. The molecule has 0 aromatic heterocycles. The first-order valence-electron chi connectivity index (χ1n) is 5.84. The molecule has 1 aromatic carbocycles. The molecular weight excluding hydrogens is 216 g/mol. The van der Waals surface area contributed by atoms with E-state index in [4.69, 9.17) is 10.5 Å². The summed E-state index contributed by atoms with van der Waals surface area (Å²) in [5.41, 5.74) is 6.86. The van der Waals surface area contributed by atoms with E-state index < -0.39 is 5.60 Å². The summed E-state index contributed by atoms with van der Waals surface area (Å²) in [6.07, 6.45) is 0.860. The van der Waals surface area contributed by atoms with Crippen molar-refractivity contribution in [1.29, 1.82) is 0 Å². The van der Waals surface area contributed by atoms with E-state index in [0.29, 0.717) is 11.4 Å². The maximum Gasteiger partial charge on any atom is 0.268 e. The van der Waals surface area contributed by atoms with Crippen LogP contribution in [0.3, 0.4) is 0 Å².